The second kappa shape index (κ2) is 8.16. The summed E-state index contributed by atoms with van der Waals surface area (Å²) in [7, 11) is 0. The van der Waals surface area contributed by atoms with Crippen molar-refractivity contribution in [3.05, 3.63) is 0 Å². The molecule has 2 aliphatic heterocycles. The summed E-state index contributed by atoms with van der Waals surface area (Å²) in [5.41, 5.74) is 0. The Bertz CT molecular complexity index is 402. The summed E-state index contributed by atoms with van der Waals surface area (Å²) in [6.07, 6.45) is 12.4. The zero-order valence-corrected chi connectivity index (χ0v) is 14.5. The molecule has 3 rings (SSSR count). The van der Waals surface area contributed by atoms with Crippen molar-refractivity contribution in [2.75, 3.05) is 26.2 Å². The van der Waals surface area contributed by atoms with Gasteiger partial charge in [0.1, 0.15) is 0 Å². The third-order valence-corrected chi connectivity index (χ3v) is 6.03. The summed E-state index contributed by atoms with van der Waals surface area (Å²) in [4.78, 5) is 29.5. The predicted molar refractivity (Wildman–Crippen MR) is 90.9 cm³/mol. The second-order valence-corrected chi connectivity index (χ2v) is 7.67. The molecule has 3 fully saturated rings. The third kappa shape index (κ3) is 4.27. The van der Waals surface area contributed by atoms with Crippen molar-refractivity contribution in [3.8, 4) is 0 Å². The molecule has 1 aliphatic carbocycles. The summed E-state index contributed by atoms with van der Waals surface area (Å²) in [5, 5.41) is 0. The van der Waals surface area contributed by atoms with Gasteiger partial charge in [-0.3, -0.25) is 9.59 Å². The summed E-state index contributed by atoms with van der Waals surface area (Å²) in [5.74, 6) is 1.15. The van der Waals surface area contributed by atoms with Crippen molar-refractivity contribution in [1.29, 1.82) is 0 Å². The van der Waals surface area contributed by atoms with Gasteiger partial charge in [0.05, 0.1) is 0 Å². The van der Waals surface area contributed by atoms with E-state index in [1.807, 2.05) is 4.90 Å². The van der Waals surface area contributed by atoms with Crippen LogP contribution in [0.3, 0.4) is 0 Å². The summed E-state index contributed by atoms with van der Waals surface area (Å²) < 4.78 is 0. The lowest BCUT2D eigenvalue weighted by molar-refractivity contribution is -0.143. The number of rotatable bonds is 2. The van der Waals surface area contributed by atoms with Crippen LogP contribution in [-0.2, 0) is 9.59 Å². The Morgan fingerprint density at radius 1 is 0.522 bits per heavy atom. The average molecular weight is 320 g/mol. The van der Waals surface area contributed by atoms with E-state index in [1.165, 1.54) is 32.1 Å². The van der Waals surface area contributed by atoms with E-state index in [-0.39, 0.29) is 11.8 Å². The minimum Gasteiger partial charge on any atom is -0.342 e. The Hall–Kier alpha value is -1.06. The van der Waals surface area contributed by atoms with Crippen LogP contribution in [0.4, 0.5) is 0 Å². The van der Waals surface area contributed by atoms with Gasteiger partial charge in [-0.25, -0.2) is 0 Å². The molecule has 0 radical (unpaired) electrons. The van der Waals surface area contributed by atoms with Gasteiger partial charge in [0.15, 0.2) is 0 Å². The fraction of sp³-hybridized carbons (Fsp3) is 0.895. The largest absolute Gasteiger partial charge is 0.342 e. The molecule has 0 bridgehead atoms. The van der Waals surface area contributed by atoms with Gasteiger partial charge in [-0.1, -0.05) is 32.1 Å². The van der Waals surface area contributed by atoms with Crippen LogP contribution in [0.2, 0.25) is 0 Å². The first kappa shape index (κ1) is 16.8. The first-order chi connectivity index (χ1) is 11.3. The number of piperidine rings is 1. The number of nitrogens with zero attached hydrogens (tertiary/aromatic N) is 2. The lowest BCUT2D eigenvalue weighted by Crippen LogP contribution is -2.46. The maximum Gasteiger partial charge on any atom is 0.225 e. The summed E-state index contributed by atoms with van der Waals surface area (Å²) in [6.45, 7) is 3.47. The smallest absolute Gasteiger partial charge is 0.225 e. The Labute approximate surface area is 140 Å². The molecule has 1 saturated carbocycles. The molecule has 23 heavy (non-hydrogen) atoms. The predicted octanol–water partition coefficient (Wildman–Crippen LogP) is 3.21. The second-order valence-electron chi connectivity index (χ2n) is 7.67. The van der Waals surface area contributed by atoms with E-state index in [0.717, 1.165) is 64.7 Å². The van der Waals surface area contributed by atoms with Crippen LogP contribution in [0.25, 0.3) is 0 Å². The molecule has 2 heterocycles. The molecule has 4 heteroatoms. The normalized spacial score (nSPS) is 25.2. The first-order valence-electron chi connectivity index (χ1n) is 9.83. The molecule has 0 N–H and O–H groups in total. The highest BCUT2D eigenvalue weighted by Gasteiger charge is 2.33. The Kier molecular flexibility index (Phi) is 5.96. The van der Waals surface area contributed by atoms with Crippen LogP contribution in [0.15, 0.2) is 0 Å². The lowest BCUT2D eigenvalue weighted by atomic mass is 9.87. The van der Waals surface area contributed by atoms with Crippen LogP contribution in [0.1, 0.15) is 70.6 Å². The van der Waals surface area contributed by atoms with Gasteiger partial charge in [-0.05, 0) is 38.5 Å². The first-order valence-corrected chi connectivity index (χ1v) is 9.83. The third-order valence-electron chi connectivity index (χ3n) is 6.03. The maximum absolute atomic E-state index is 12.7. The molecule has 0 aromatic carbocycles. The maximum atomic E-state index is 12.7. The Balaban J connectivity index is 1.47. The standard InChI is InChI=1S/C19H32N2O2/c22-18(16-8-4-3-5-9-16)21-14-10-17(11-15-21)19(23)20-12-6-1-2-7-13-20/h16-17H,1-15H2. The van der Waals surface area contributed by atoms with Gasteiger partial charge < -0.3 is 9.80 Å². The van der Waals surface area contributed by atoms with Crippen molar-refractivity contribution in [2.45, 2.75) is 70.6 Å². The molecule has 0 unspecified atom stereocenters. The van der Waals surface area contributed by atoms with Gasteiger partial charge >= 0.3 is 0 Å². The molecular formula is C19H32N2O2. The fourth-order valence-corrected chi connectivity index (χ4v) is 4.50. The van der Waals surface area contributed by atoms with E-state index in [2.05, 4.69) is 4.90 Å². The van der Waals surface area contributed by atoms with E-state index in [9.17, 15) is 9.59 Å². The molecule has 4 nitrogen and oxygen atoms in total. The van der Waals surface area contributed by atoms with Crippen molar-refractivity contribution in [1.82, 2.24) is 9.80 Å². The minimum absolute atomic E-state index is 0.156. The fourth-order valence-electron chi connectivity index (χ4n) is 4.50. The van der Waals surface area contributed by atoms with Crippen molar-refractivity contribution in [2.24, 2.45) is 11.8 Å². The number of likely N-dealkylation sites (tertiary alicyclic amines) is 2. The van der Waals surface area contributed by atoms with E-state index in [4.69, 9.17) is 0 Å². The highest BCUT2D eigenvalue weighted by Crippen LogP contribution is 2.28. The van der Waals surface area contributed by atoms with Crippen molar-refractivity contribution in [3.63, 3.8) is 0 Å². The van der Waals surface area contributed by atoms with Gasteiger partial charge in [0.2, 0.25) is 11.8 Å². The van der Waals surface area contributed by atoms with Gasteiger partial charge in [0.25, 0.3) is 0 Å². The number of hydrogen-bond acceptors (Lipinski definition) is 2. The van der Waals surface area contributed by atoms with Crippen LogP contribution in [-0.4, -0.2) is 47.8 Å². The van der Waals surface area contributed by atoms with E-state index < -0.39 is 0 Å². The average Bonchev–Trinajstić information content (AvgIpc) is 2.91. The van der Waals surface area contributed by atoms with Gasteiger partial charge in [-0.2, -0.15) is 0 Å². The summed E-state index contributed by atoms with van der Waals surface area (Å²) in [6, 6.07) is 0. The zero-order valence-electron chi connectivity index (χ0n) is 14.5. The molecule has 2 amide bonds. The highest BCUT2D eigenvalue weighted by molar-refractivity contribution is 5.81. The van der Waals surface area contributed by atoms with Crippen LogP contribution in [0.5, 0.6) is 0 Å². The SMILES string of the molecule is O=C(C1CCN(C(=O)C2CCCCC2)CC1)N1CCCCCC1. The van der Waals surface area contributed by atoms with Crippen molar-refractivity contribution >= 4 is 11.8 Å². The monoisotopic (exact) mass is 320 g/mol. The lowest BCUT2D eigenvalue weighted by Gasteiger charge is -2.36. The topological polar surface area (TPSA) is 40.6 Å². The number of amides is 2. The number of carbonyl (C=O) groups is 2. The molecule has 3 aliphatic rings. The molecule has 0 aromatic heterocycles. The minimum atomic E-state index is 0.156. The van der Waals surface area contributed by atoms with Crippen LogP contribution < -0.4 is 0 Å². The van der Waals surface area contributed by atoms with E-state index >= 15 is 0 Å². The zero-order chi connectivity index (χ0) is 16.1. The number of carbonyl (C=O) groups excluding carboxylic acids is 2. The number of hydrogen-bond donors (Lipinski definition) is 0. The molecule has 2 saturated heterocycles. The summed E-state index contributed by atoms with van der Waals surface area (Å²) >= 11 is 0. The van der Waals surface area contributed by atoms with Gasteiger partial charge in [-0.15, -0.1) is 0 Å². The van der Waals surface area contributed by atoms with Crippen LogP contribution in [0, 0.1) is 11.8 Å². The molecule has 0 aromatic rings. The van der Waals surface area contributed by atoms with Crippen LogP contribution >= 0.6 is 0 Å². The quantitative estimate of drug-likeness (QED) is 0.784. The van der Waals surface area contributed by atoms with E-state index in [1.54, 1.807) is 0 Å². The van der Waals surface area contributed by atoms with E-state index in [0.29, 0.717) is 11.8 Å². The van der Waals surface area contributed by atoms with Crippen molar-refractivity contribution < 1.29 is 9.59 Å². The van der Waals surface area contributed by atoms with Gasteiger partial charge in [0, 0.05) is 38.0 Å². The molecule has 0 spiro atoms. The Morgan fingerprint density at radius 3 is 1.52 bits per heavy atom. The molecule has 0 atom stereocenters. The Morgan fingerprint density at radius 2 is 0.957 bits per heavy atom. The molecular weight excluding hydrogens is 288 g/mol. The molecule has 130 valence electrons. The highest BCUT2D eigenvalue weighted by atomic mass is 16.2.